The first kappa shape index (κ1) is 19.0. The van der Waals surface area contributed by atoms with Crippen molar-refractivity contribution in [3.63, 3.8) is 0 Å². The zero-order valence-electron chi connectivity index (χ0n) is 16.1. The Morgan fingerprint density at radius 3 is 2.59 bits per heavy atom. The lowest BCUT2D eigenvalue weighted by molar-refractivity contribution is -0.131. The van der Waals surface area contributed by atoms with Gasteiger partial charge in [-0.3, -0.25) is 0 Å². The molecule has 0 spiro atoms. The predicted octanol–water partition coefficient (Wildman–Crippen LogP) is 6.30. The van der Waals surface area contributed by atoms with Crippen molar-refractivity contribution >= 4 is 22.4 Å². The van der Waals surface area contributed by atoms with Crippen molar-refractivity contribution in [2.45, 2.75) is 45.6 Å². The number of hydrogen-bond donors (Lipinski definition) is 1. The van der Waals surface area contributed by atoms with Crippen molar-refractivity contribution < 1.29 is 9.90 Å². The number of carbonyl (C=O) groups is 1. The first-order valence-corrected chi connectivity index (χ1v) is 9.67. The van der Waals surface area contributed by atoms with Crippen LogP contribution in [0.2, 0.25) is 0 Å². The van der Waals surface area contributed by atoms with E-state index in [1.807, 2.05) is 13.0 Å². The molecule has 0 saturated heterocycles. The molecule has 0 fully saturated rings. The second-order valence-electron chi connectivity index (χ2n) is 7.08. The zero-order chi connectivity index (χ0) is 19.2. The van der Waals surface area contributed by atoms with Crippen molar-refractivity contribution in [3.8, 4) is 0 Å². The highest BCUT2D eigenvalue weighted by molar-refractivity contribution is 5.92. The number of hydrogen-bond acceptors (Lipinski definition) is 1. The van der Waals surface area contributed by atoms with Gasteiger partial charge in [-0.2, -0.15) is 0 Å². The number of unbranched alkanes of at least 4 members (excludes halogenated alkanes) is 2. The molecule has 140 valence electrons. The Hall–Kier alpha value is -2.81. The third-order valence-corrected chi connectivity index (χ3v) is 5.12. The van der Waals surface area contributed by atoms with Gasteiger partial charge in [-0.25, -0.2) is 4.79 Å². The Balaban J connectivity index is 1.99. The zero-order valence-corrected chi connectivity index (χ0v) is 16.1. The molecule has 1 unspecified atom stereocenters. The number of carboxylic acid groups (broad SMARTS) is 1. The molecule has 27 heavy (non-hydrogen) atoms. The minimum Gasteiger partial charge on any atom is -0.478 e. The minimum atomic E-state index is -0.912. The van der Waals surface area contributed by atoms with Crippen LogP contribution in [0.15, 0.2) is 66.9 Å². The molecule has 0 aliphatic carbocycles. The third kappa shape index (κ3) is 4.48. The van der Waals surface area contributed by atoms with Gasteiger partial charge in [0.25, 0.3) is 0 Å². The molecule has 0 aliphatic rings. The van der Waals surface area contributed by atoms with Crippen molar-refractivity contribution in [1.82, 2.24) is 4.57 Å². The molecular weight excluding hydrogens is 334 g/mol. The average molecular weight is 361 g/mol. The Labute approximate surface area is 161 Å². The largest absolute Gasteiger partial charge is 0.478 e. The standard InChI is InChI=1S/C24H27NO2/c1-3-4-6-11-22(19-9-7-5-8-10-19)25-15-14-21-17-20(12-13-23(21)25)18(2)16-24(26)27/h5,7-10,12-17,22H,3-4,6,11H2,1-2H3,(H,26,27)/b18-16+. The quantitative estimate of drug-likeness (QED) is 0.378. The molecule has 1 atom stereocenters. The van der Waals surface area contributed by atoms with Crippen LogP contribution in [-0.4, -0.2) is 15.6 Å². The molecule has 3 heteroatoms. The highest BCUT2D eigenvalue weighted by Crippen LogP contribution is 2.30. The van der Waals surface area contributed by atoms with Crippen LogP contribution in [0, 0.1) is 0 Å². The van der Waals surface area contributed by atoms with Crippen molar-refractivity contribution in [3.05, 3.63) is 78.0 Å². The molecule has 3 rings (SSSR count). The van der Waals surface area contributed by atoms with E-state index in [0.717, 1.165) is 22.9 Å². The lowest BCUT2D eigenvalue weighted by Crippen LogP contribution is -2.09. The summed E-state index contributed by atoms with van der Waals surface area (Å²) in [6, 6.07) is 19.3. The summed E-state index contributed by atoms with van der Waals surface area (Å²) in [5.74, 6) is -0.912. The third-order valence-electron chi connectivity index (χ3n) is 5.12. The van der Waals surface area contributed by atoms with E-state index < -0.39 is 5.97 Å². The van der Waals surface area contributed by atoms with Crippen LogP contribution in [0.4, 0.5) is 0 Å². The van der Waals surface area contributed by atoms with Crippen LogP contribution in [0.25, 0.3) is 16.5 Å². The molecule has 0 bridgehead atoms. The van der Waals surface area contributed by atoms with Crippen LogP contribution in [-0.2, 0) is 4.79 Å². The predicted molar refractivity (Wildman–Crippen MR) is 112 cm³/mol. The summed E-state index contributed by atoms with van der Waals surface area (Å²) < 4.78 is 2.36. The maximum atomic E-state index is 10.9. The van der Waals surface area contributed by atoms with E-state index in [-0.39, 0.29) is 0 Å². The Kier molecular flexibility index (Phi) is 6.12. The molecule has 3 aromatic rings. The molecular formula is C24H27NO2. The van der Waals surface area contributed by atoms with E-state index in [1.165, 1.54) is 36.4 Å². The second-order valence-corrected chi connectivity index (χ2v) is 7.08. The van der Waals surface area contributed by atoms with Crippen LogP contribution < -0.4 is 0 Å². The lowest BCUT2D eigenvalue weighted by atomic mass is 9.99. The number of aliphatic carboxylic acids is 1. The summed E-state index contributed by atoms with van der Waals surface area (Å²) in [5.41, 5.74) is 4.23. The normalized spacial score (nSPS) is 13.0. The summed E-state index contributed by atoms with van der Waals surface area (Å²) in [4.78, 5) is 10.9. The molecule has 1 aromatic heterocycles. The van der Waals surface area contributed by atoms with E-state index in [4.69, 9.17) is 5.11 Å². The van der Waals surface area contributed by atoms with Crippen LogP contribution >= 0.6 is 0 Å². The van der Waals surface area contributed by atoms with Crippen LogP contribution in [0.3, 0.4) is 0 Å². The van der Waals surface area contributed by atoms with Gasteiger partial charge in [-0.05, 0) is 48.2 Å². The van der Waals surface area contributed by atoms with Gasteiger partial charge in [0.2, 0.25) is 0 Å². The molecule has 0 aliphatic heterocycles. The van der Waals surface area contributed by atoms with E-state index >= 15 is 0 Å². The van der Waals surface area contributed by atoms with Crippen molar-refractivity contribution in [2.24, 2.45) is 0 Å². The molecule has 0 radical (unpaired) electrons. The molecule has 1 N–H and O–H groups in total. The van der Waals surface area contributed by atoms with Gasteiger partial charge >= 0.3 is 5.97 Å². The topological polar surface area (TPSA) is 42.2 Å². The summed E-state index contributed by atoms with van der Waals surface area (Å²) in [6.45, 7) is 4.07. The van der Waals surface area contributed by atoms with Gasteiger partial charge in [0.1, 0.15) is 0 Å². The number of aromatic nitrogens is 1. The van der Waals surface area contributed by atoms with Crippen LogP contribution in [0.5, 0.6) is 0 Å². The van der Waals surface area contributed by atoms with Gasteiger partial charge in [-0.1, -0.05) is 62.6 Å². The van der Waals surface area contributed by atoms with E-state index in [1.54, 1.807) is 0 Å². The number of carboxylic acids is 1. The van der Waals surface area contributed by atoms with Gasteiger partial charge in [0, 0.05) is 23.2 Å². The summed E-state index contributed by atoms with van der Waals surface area (Å²) in [6.07, 6.45) is 8.19. The number of benzene rings is 2. The van der Waals surface area contributed by atoms with Crippen LogP contribution in [0.1, 0.15) is 56.7 Å². The number of allylic oxidation sites excluding steroid dienone is 1. The Morgan fingerprint density at radius 2 is 1.89 bits per heavy atom. The second kappa shape index (κ2) is 8.72. The summed E-state index contributed by atoms with van der Waals surface area (Å²) >= 11 is 0. The maximum absolute atomic E-state index is 10.9. The molecule has 2 aromatic carbocycles. The molecule has 1 heterocycles. The Bertz CT molecular complexity index is 937. The van der Waals surface area contributed by atoms with Gasteiger partial charge in [0.15, 0.2) is 0 Å². The van der Waals surface area contributed by atoms with Gasteiger partial charge < -0.3 is 9.67 Å². The highest BCUT2D eigenvalue weighted by atomic mass is 16.4. The van der Waals surface area contributed by atoms with Gasteiger partial charge in [-0.15, -0.1) is 0 Å². The molecule has 0 amide bonds. The first-order valence-electron chi connectivity index (χ1n) is 9.67. The lowest BCUT2D eigenvalue weighted by Gasteiger charge is -2.21. The van der Waals surface area contributed by atoms with E-state index in [9.17, 15) is 4.79 Å². The van der Waals surface area contributed by atoms with Crippen molar-refractivity contribution in [1.29, 1.82) is 0 Å². The fourth-order valence-electron chi connectivity index (χ4n) is 3.68. The Morgan fingerprint density at radius 1 is 1.11 bits per heavy atom. The number of rotatable bonds is 8. The summed E-state index contributed by atoms with van der Waals surface area (Å²) in [5, 5.41) is 10.1. The molecule has 0 saturated carbocycles. The van der Waals surface area contributed by atoms with Gasteiger partial charge in [0.05, 0.1) is 6.04 Å². The SMILES string of the molecule is CCCCCC(c1ccccc1)n1ccc2cc(/C(C)=C/C(=O)O)ccc21. The van der Waals surface area contributed by atoms with Crippen molar-refractivity contribution in [2.75, 3.05) is 0 Å². The number of nitrogens with zero attached hydrogens (tertiary/aromatic N) is 1. The van der Waals surface area contributed by atoms with E-state index in [2.05, 4.69) is 66.2 Å². The first-order chi connectivity index (χ1) is 13.1. The van der Waals surface area contributed by atoms with E-state index in [0.29, 0.717) is 6.04 Å². The smallest absolute Gasteiger partial charge is 0.328 e. The average Bonchev–Trinajstić information content (AvgIpc) is 3.08. The molecule has 3 nitrogen and oxygen atoms in total. The highest BCUT2D eigenvalue weighted by Gasteiger charge is 2.15. The maximum Gasteiger partial charge on any atom is 0.328 e. The number of fused-ring (bicyclic) bond motifs is 1. The fourth-order valence-corrected chi connectivity index (χ4v) is 3.68. The minimum absolute atomic E-state index is 0.316. The summed E-state index contributed by atoms with van der Waals surface area (Å²) in [7, 11) is 0. The monoisotopic (exact) mass is 361 g/mol. The fraction of sp³-hybridized carbons (Fsp3) is 0.292.